The Hall–Kier alpha value is -2.15. The van der Waals surface area contributed by atoms with Crippen LogP contribution in [-0.4, -0.2) is 48.0 Å². The summed E-state index contributed by atoms with van der Waals surface area (Å²) in [5.74, 6) is 1.20. The van der Waals surface area contributed by atoms with Gasteiger partial charge in [0.2, 0.25) is 0 Å². The van der Waals surface area contributed by atoms with Crippen LogP contribution in [0.5, 0.6) is 5.75 Å². The third-order valence-electron chi connectivity index (χ3n) is 4.57. The molecule has 1 saturated heterocycles. The molecule has 1 heterocycles. The summed E-state index contributed by atoms with van der Waals surface area (Å²) in [7, 11) is 0. The van der Waals surface area contributed by atoms with Crippen LogP contribution in [0.15, 0.2) is 18.2 Å². The molecule has 0 bridgehead atoms. The number of benzene rings is 1. The van der Waals surface area contributed by atoms with Crippen molar-refractivity contribution in [3.63, 3.8) is 0 Å². The second kappa shape index (κ2) is 8.98. The van der Waals surface area contributed by atoms with Gasteiger partial charge in [-0.25, -0.2) is 0 Å². The third-order valence-corrected chi connectivity index (χ3v) is 4.57. The number of nitro groups is 1. The summed E-state index contributed by atoms with van der Waals surface area (Å²) < 4.78 is 5.25. The molecule has 2 rings (SSSR count). The highest BCUT2D eigenvalue weighted by Gasteiger charge is 2.24. The number of nitrogens with one attached hydrogen (secondary N) is 1. The molecule has 7 heteroatoms. The number of nitro benzene ring substituents is 1. The smallest absolute Gasteiger partial charge is 0.311 e. The Morgan fingerprint density at radius 1 is 1.38 bits per heavy atom. The molecular weight excluding hydrogens is 334 g/mol. The van der Waals surface area contributed by atoms with Crippen LogP contribution in [0.2, 0.25) is 0 Å². The number of hydrogen-bond donors (Lipinski definition) is 1. The lowest BCUT2D eigenvalue weighted by Crippen LogP contribution is -2.47. The average molecular weight is 363 g/mol. The number of ether oxygens (including phenoxy) is 1. The van der Waals surface area contributed by atoms with Gasteiger partial charge in [-0.3, -0.25) is 14.9 Å². The minimum Gasteiger partial charge on any atom is -0.487 e. The molecule has 144 valence electrons. The van der Waals surface area contributed by atoms with Gasteiger partial charge in [0.15, 0.2) is 5.75 Å². The van der Waals surface area contributed by atoms with Gasteiger partial charge in [-0.05, 0) is 44.2 Å². The van der Waals surface area contributed by atoms with Crippen LogP contribution in [0.4, 0.5) is 5.69 Å². The number of amides is 1. The van der Waals surface area contributed by atoms with E-state index in [1.807, 2.05) is 6.92 Å². The van der Waals surface area contributed by atoms with Gasteiger partial charge in [-0.2, -0.15) is 0 Å². The summed E-state index contributed by atoms with van der Waals surface area (Å²) in [6.07, 6.45) is 1.24. The second-order valence-electron chi connectivity index (χ2n) is 7.41. The molecule has 1 aliphatic rings. The number of carbonyl (C=O) groups is 1. The fraction of sp³-hybridized carbons (Fsp3) is 0.632. The Bertz CT molecular complexity index is 640. The third kappa shape index (κ3) is 5.42. The maximum absolute atomic E-state index is 12.5. The summed E-state index contributed by atoms with van der Waals surface area (Å²) in [4.78, 5) is 25.5. The van der Waals surface area contributed by atoms with Gasteiger partial charge in [0.05, 0.1) is 11.5 Å². The van der Waals surface area contributed by atoms with Crippen LogP contribution < -0.4 is 10.1 Å². The van der Waals surface area contributed by atoms with Crippen LogP contribution in [0, 0.1) is 22.0 Å². The molecular formula is C19H29N3O4. The Morgan fingerprint density at radius 3 is 2.62 bits per heavy atom. The lowest BCUT2D eigenvalue weighted by atomic mass is 9.92. The van der Waals surface area contributed by atoms with E-state index in [1.54, 1.807) is 13.0 Å². The molecule has 26 heavy (non-hydrogen) atoms. The van der Waals surface area contributed by atoms with Gasteiger partial charge < -0.3 is 15.0 Å². The zero-order chi connectivity index (χ0) is 19.3. The van der Waals surface area contributed by atoms with E-state index in [4.69, 9.17) is 4.74 Å². The van der Waals surface area contributed by atoms with Crippen LogP contribution in [0.1, 0.15) is 44.5 Å². The predicted octanol–water partition coefficient (Wildman–Crippen LogP) is 3.09. The fourth-order valence-electron chi connectivity index (χ4n) is 3.76. The van der Waals surface area contributed by atoms with Crippen molar-refractivity contribution in [2.45, 2.75) is 40.2 Å². The lowest BCUT2D eigenvalue weighted by Gasteiger charge is -2.36. The average Bonchev–Trinajstić information content (AvgIpc) is 2.53. The number of likely N-dealkylation sites (tertiary alicyclic amines) is 1. The highest BCUT2D eigenvalue weighted by atomic mass is 16.6. The highest BCUT2D eigenvalue weighted by molar-refractivity contribution is 5.95. The van der Waals surface area contributed by atoms with Crippen molar-refractivity contribution in [3.05, 3.63) is 33.9 Å². The molecule has 1 aliphatic heterocycles. The molecule has 0 aromatic heterocycles. The highest BCUT2D eigenvalue weighted by Crippen LogP contribution is 2.28. The van der Waals surface area contributed by atoms with E-state index in [2.05, 4.69) is 24.1 Å². The maximum atomic E-state index is 12.5. The van der Waals surface area contributed by atoms with Crippen molar-refractivity contribution in [1.29, 1.82) is 0 Å². The van der Waals surface area contributed by atoms with Crippen molar-refractivity contribution in [2.75, 3.05) is 26.2 Å². The first-order chi connectivity index (χ1) is 12.3. The molecule has 0 radical (unpaired) electrons. The molecule has 3 unspecified atom stereocenters. The van der Waals surface area contributed by atoms with E-state index >= 15 is 0 Å². The number of carbonyl (C=O) groups excluding carboxylic acids is 1. The molecule has 1 aromatic carbocycles. The van der Waals surface area contributed by atoms with Gasteiger partial charge in [0, 0.05) is 37.3 Å². The van der Waals surface area contributed by atoms with Crippen molar-refractivity contribution in [2.24, 2.45) is 11.8 Å². The summed E-state index contributed by atoms with van der Waals surface area (Å²) >= 11 is 0. The topological polar surface area (TPSA) is 84.7 Å². The SMILES string of the molecule is CCOc1ccc(C(=O)NC(C)CN2CC(C)CC(C)C2)cc1[N+](=O)[O-]. The van der Waals surface area contributed by atoms with E-state index < -0.39 is 4.92 Å². The minimum absolute atomic E-state index is 0.0365. The predicted molar refractivity (Wildman–Crippen MR) is 101 cm³/mol. The van der Waals surface area contributed by atoms with Gasteiger partial charge in [0.25, 0.3) is 5.91 Å². The molecule has 0 aliphatic carbocycles. The van der Waals surface area contributed by atoms with Crippen LogP contribution >= 0.6 is 0 Å². The van der Waals surface area contributed by atoms with Crippen molar-refractivity contribution >= 4 is 11.6 Å². The summed E-state index contributed by atoms with van der Waals surface area (Å²) in [6, 6.07) is 4.28. The molecule has 7 nitrogen and oxygen atoms in total. The minimum atomic E-state index is -0.526. The van der Waals surface area contributed by atoms with Gasteiger partial charge >= 0.3 is 5.69 Å². The van der Waals surface area contributed by atoms with Crippen LogP contribution in [0.3, 0.4) is 0 Å². The van der Waals surface area contributed by atoms with Crippen LogP contribution in [-0.2, 0) is 0 Å². The van der Waals surface area contributed by atoms with E-state index in [-0.39, 0.29) is 28.9 Å². The molecule has 1 fully saturated rings. The largest absolute Gasteiger partial charge is 0.487 e. The monoisotopic (exact) mass is 363 g/mol. The summed E-state index contributed by atoms with van der Waals surface area (Å²) in [5, 5.41) is 14.2. The quantitative estimate of drug-likeness (QED) is 0.594. The van der Waals surface area contributed by atoms with Gasteiger partial charge in [0.1, 0.15) is 0 Å². The van der Waals surface area contributed by atoms with E-state index in [9.17, 15) is 14.9 Å². The number of rotatable bonds is 7. The number of hydrogen-bond acceptors (Lipinski definition) is 5. The summed E-state index contributed by atoms with van der Waals surface area (Å²) in [5.41, 5.74) is 0.0817. The number of piperidine rings is 1. The lowest BCUT2D eigenvalue weighted by molar-refractivity contribution is -0.385. The Balaban J connectivity index is 2.00. The van der Waals surface area contributed by atoms with Gasteiger partial charge in [-0.1, -0.05) is 13.8 Å². The normalized spacial score (nSPS) is 21.8. The van der Waals surface area contributed by atoms with Gasteiger partial charge in [-0.15, -0.1) is 0 Å². The summed E-state index contributed by atoms with van der Waals surface area (Å²) in [6.45, 7) is 11.4. The van der Waals surface area contributed by atoms with E-state index in [0.29, 0.717) is 18.4 Å². The fourth-order valence-corrected chi connectivity index (χ4v) is 3.76. The molecule has 3 atom stereocenters. The molecule has 1 amide bonds. The second-order valence-corrected chi connectivity index (χ2v) is 7.41. The zero-order valence-electron chi connectivity index (χ0n) is 16.0. The Kier molecular flexibility index (Phi) is 6.97. The Labute approximate surface area is 154 Å². The van der Waals surface area contributed by atoms with E-state index in [0.717, 1.165) is 19.6 Å². The molecule has 1 N–H and O–H groups in total. The Morgan fingerprint density at radius 2 is 2.04 bits per heavy atom. The van der Waals surface area contributed by atoms with Crippen molar-refractivity contribution in [1.82, 2.24) is 10.2 Å². The first-order valence-corrected chi connectivity index (χ1v) is 9.24. The number of nitrogens with zero attached hydrogens (tertiary/aromatic N) is 2. The zero-order valence-corrected chi connectivity index (χ0v) is 16.0. The maximum Gasteiger partial charge on any atom is 0.311 e. The molecule has 1 aromatic rings. The van der Waals surface area contributed by atoms with E-state index in [1.165, 1.54) is 18.6 Å². The van der Waals surface area contributed by atoms with Crippen LogP contribution in [0.25, 0.3) is 0 Å². The molecule has 0 spiro atoms. The standard InChI is InChI=1S/C19H29N3O4/c1-5-26-18-7-6-16(9-17(18)22(24)25)19(23)20-15(4)12-21-10-13(2)8-14(3)11-21/h6-7,9,13-15H,5,8,10-12H2,1-4H3,(H,20,23). The van der Waals surface area contributed by atoms with Crippen molar-refractivity contribution in [3.8, 4) is 5.75 Å². The van der Waals surface area contributed by atoms with Crippen molar-refractivity contribution < 1.29 is 14.5 Å². The first kappa shape index (κ1) is 20.2. The first-order valence-electron chi connectivity index (χ1n) is 9.24. The molecule has 0 saturated carbocycles.